The number of fused-ring (bicyclic) bond motifs is 1. The van der Waals surface area contributed by atoms with Gasteiger partial charge in [0.05, 0.1) is 40.6 Å². The number of pyridine rings is 2. The second-order valence-corrected chi connectivity index (χ2v) is 10.2. The van der Waals surface area contributed by atoms with Gasteiger partial charge in [-0.1, -0.05) is 17.7 Å². The normalized spacial score (nSPS) is 17.0. The minimum Gasteiger partial charge on any atom is -0.354 e. The third kappa shape index (κ3) is 4.98. The van der Waals surface area contributed by atoms with Crippen molar-refractivity contribution in [3.63, 3.8) is 0 Å². The molecule has 0 saturated carbocycles. The highest BCUT2D eigenvalue weighted by Crippen LogP contribution is 2.34. The number of piperidine rings is 1. The molecule has 206 valence electrons. The summed E-state index contributed by atoms with van der Waals surface area (Å²) in [7, 11) is 1.84. The molecule has 2 atom stereocenters. The Labute approximate surface area is 238 Å². The number of anilines is 1. The number of nitriles is 1. The number of aromatic nitrogens is 5. The van der Waals surface area contributed by atoms with Crippen LogP contribution in [0.3, 0.4) is 0 Å². The first kappa shape index (κ1) is 26.4. The van der Waals surface area contributed by atoms with Gasteiger partial charge >= 0.3 is 0 Å². The second kappa shape index (κ2) is 10.6. The molecule has 1 aliphatic heterocycles. The Kier molecular flexibility index (Phi) is 6.85. The number of amides is 1. The van der Waals surface area contributed by atoms with Gasteiger partial charge in [-0.3, -0.25) is 9.48 Å². The first-order valence-corrected chi connectivity index (χ1v) is 13.2. The predicted octanol–water partition coefficient (Wildman–Crippen LogP) is 5.04. The van der Waals surface area contributed by atoms with Gasteiger partial charge in [0.2, 0.25) is 0 Å². The molecule has 4 aromatic heterocycles. The Bertz CT molecular complexity index is 1790. The standard InChI is InChI=1S/C29H23ClF2N8O/c1-39-14-18(13-36-39)24-9-19-26(17(10-33)12-35-28(19)37-24)16-5-6-25(34-11-16)40-8-7-23(22(32)15-40)38-29(41)27-20(30)3-2-4-21(27)31/h2-6,9,11-14,22-23H,7-8,15H2,1H3,(H,35,37)(H,38,41)/t22-,23+/m1/s1. The summed E-state index contributed by atoms with van der Waals surface area (Å²) in [5, 5.41) is 17.3. The van der Waals surface area contributed by atoms with Gasteiger partial charge in [-0.2, -0.15) is 10.4 Å². The van der Waals surface area contributed by atoms with Crippen LogP contribution in [0.1, 0.15) is 22.3 Å². The first-order chi connectivity index (χ1) is 19.8. The molecule has 0 unspecified atom stereocenters. The van der Waals surface area contributed by atoms with Crippen molar-refractivity contribution in [2.45, 2.75) is 18.6 Å². The van der Waals surface area contributed by atoms with Gasteiger partial charge in [-0.15, -0.1) is 0 Å². The molecule has 6 rings (SSSR count). The SMILES string of the molecule is Cn1cc(-c2cc3c(-c4ccc(N5CC[C@H](NC(=O)c6c(F)cccc6Cl)[C@H](F)C5)nc4)c(C#N)cnc3[nH]2)cn1. The van der Waals surface area contributed by atoms with E-state index in [-0.39, 0.29) is 17.1 Å². The maximum Gasteiger partial charge on any atom is 0.256 e. The molecule has 0 spiro atoms. The van der Waals surface area contributed by atoms with Crippen molar-refractivity contribution < 1.29 is 13.6 Å². The number of carbonyl (C=O) groups excluding carboxylic acids is 1. The number of nitrogens with one attached hydrogen (secondary N) is 2. The largest absolute Gasteiger partial charge is 0.354 e. The van der Waals surface area contributed by atoms with Crippen LogP contribution in [0.5, 0.6) is 0 Å². The Morgan fingerprint density at radius 2 is 2.05 bits per heavy atom. The molecule has 5 aromatic rings. The number of carbonyl (C=O) groups is 1. The first-order valence-electron chi connectivity index (χ1n) is 12.8. The average Bonchev–Trinajstić information content (AvgIpc) is 3.60. The molecule has 0 aliphatic carbocycles. The molecule has 1 aliphatic rings. The van der Waals surface area contributed by atoms with Crippen LogP contribution in [-0.2, 0) is 7.05 Å². The maximum atomic E-state index is 15.2. The van der Waals surface area contributed by atoms with E-state index in [0.29, 0.717) is 35.6 Å². The Morgan fingerprint density at radius 1 is 1.20 bits per heavy atom. The van der Waals surface area contributed by atoms with Crippen LogP contribution in [0.4, 0.5) is 14.6 Å². The summed E-state index contributed by atoms with van der Waals surface area (Å²) < 4.78 is 31.0. The number of halogens is 3. The number of benzene rings is 1. The summed E-state index contributed by atoms with van der Waals surface area (Å²) in [4.78, 5) is 26.7. The predicted molar refractivity (Wildman–Crippen MR) is 151 cm³/mol. The summed E-state index contributed by atoms with van der Waals surface area (Å²) in [6.07, 6.45) is 5.70. The lowest BCUT2D eigenvalue weighted by atomic mass is 9.99. The van der Waals surface area contributed by atoms with Crippen molar-refractivity contribution in [3.05, 3.63) is 83.2 Å². The lowest BCUT2D eigenvalue weighted by Crippen LogP contribution is -2.52. The maximum absolute atomic E-state index is 15.2. The van der Waals surface area contributed by atoms with E-state index in [9.17, 15) is 14.4 Å². The van der Waals surface area contributed by atoms with Crippen LogP contribution in [0.15, 0.2) is 61.2 Å². The van der Waals surface area contributed by atoms with E-state index in [2.05, 4.69) is 31.4 Å². The fourth-order valence-electron chi connectivity index (χ4n) is 5.14. The van der Waals surface area contributed by atoms with E-state index in [1.807, 2.05) is 25.4 Å². The van der Waals surface area contributed by atoms with E-state index >= 15 is 4.39 Å². The molecule has 1 amide bonds. The quantitative estimate of drug-likeness (QED) is 0.305. The van der Waals surface area contributed by atoms with Crippen LogP contribution in [-0.4, -0.2) is 55.9 Å². The van der Waals surface area contributed by atoms with Crippen LogP contribution in [0, 0.1) is 17.1 Å². The minimum absolute atomic E-state index is 0.00245. The van der Waals surface area contributed by atoms with Crippen LogP contribution >= 0.6 is 11.6 Å². The molecule has 9 nitrogen and oxygen atoms in total. The van der Waals surface area contributed by atoms with Crippen molar-refractivity contribution in [1.82, 2.24) is 30.0 Å². The topological polar surface area (TPSA) is 116 Å². The number of alkyl halides is 1. The second-order valence-electron chi connectivity index (χ2n) is 9.84. The summed E-state index contributed by atoms with van der Waals surface area (Å²) >= 11 is 5.98. The van der Waals surface area contributed by atoms with Crippen molar-refractivity contribution in [1.29, 1.82) is 5.26 Å². The lowest BCUT2D eigenvalue weighted by molar-refractivity contribution is 0.0894. The van der Waals surface area contributed by atoms with E-state index in [1.54, 1.807) is 28.0 Å². The van der Waals surface area contributed by atoms with Crippen molar-refractivity contribution >= 4 is 34.4 Å². The zero-order valence-electron chi connectivity index (χ0n) is 21.8. The van der Waals surface area contributed by atoms with Crippen molar-refractivity contribution in [2.24, 2.45) is 7.05 Å². The Morgan fingerprint density at radius 3 is 2.73 bits per heavy atom. The van der Waals surface area contributed by atoms with E-state index < -0.39 is 23.9 Å². The molecular weight excluding hydrogens is 550 g/mol. The highest BCUT2D eigenvalue weighted by atomic mass is 35.5. The summed E-state index contributed by atoms with van der Waals surface area (Å²) in [5.74, 6) is -0.941. The number of hydrogen-bond donors (Lipinski definition) is 2. The number of nitrogens with zero attached hydrogens (tertiary/aromatic N) is 6. The van der Waals surface area contributed by atoms with Gasteiger partial charge in [0.15, 0.2) is 0 Å². The number of H-pyrrole nitrogens is 1. The fraction of sp³-hybridized carbons (Fsp3) is 0.207. The molecule has 1 aromatic carbocycles. The molecule has 0 bridgehead atoms. The van der Waals surface area contributed by atoms with Crippen LogP contribution in [0.25, 0.3) is 33.4 Å². The van der Waals surface area contributed by atoms with Crippen LogP contribution < -0.4 is 10.2 Å². The van der Waals surface area contributed by atoms with Gasteiger partial charge in [-0.05, 0) is 36.8 Å². The van der Waals surface area contributed by atoms with Crippen LogP contribution in [0.2, 0.25) is 5.02 Å². The average molecular weight is 573 g/mol. The molecule has 2 N–H and O–H groups in total. The van der Waals surface area contributed by atoms with Crippen molar-refractivity contribution in [2.75, 3.05) is 18.0 Å². The molecular formula is C29H23ClF2N8O. The van der Waals surface area contributed by atoms with E-state index in [0.717, 1.165) is 28.3 Å². The monoisotopic (exact) mass is 572 g/mol. The number of rotatable bonds is 5. The van der Waals surface area contributed by atoms with Gasteiger partial charge in [-0.25, -0.2) is 18.7 Å². The summed E-state index contributed by atoms with van der Waals surface area (Å²) in [5.41, 5.74) is 3.86. The molecule has 1 saturated heterocycles. The highest BCUT2D eigenvalue weighted by molar-refractivity contribution is 6.33. The van der Waals surface area contributed by atoms with Gasteiger partial charge in [0, 0.05) is 54.3 Å². The zero-order chi connectivity index (χ0) is 28.7. The van der Waals surface area contributed by atoms with E-state index in [4.69, 9.17) is 11.6 Å². The molecule has 12 heteroatoms. The fourth-order valence-corrected chi connectivity index (χ4v) is 5.39. The summed E-state index contributed by atoms with van der Waals surface area (Å²) in [6, 6.07) is 10.9. The smallest absolute Gasteiger partial charge is 0.256 e. The highest BCUT2D eigenvalue weighted by Gasteiger charge is 2.32. The molecule has 0 radical (unpaired) electrons. The van der Waals surface area contributed by atoms with Gasteiger partial charge < -0.3 is 15.2 Å². The number of hydrogen-bond acceptors (Lipinski definition) is 6. The third-order valence-corrected chi connectivity index (χ3v) is 7.52. The van der Waals surface area contributed by atoms with Crippen molar-refractivity contribution in [3.8, 4) is 28.5 Å². The number of aromatic amines is 1. The molecule has 5 heterocycles. The number of aryl methyl sites for hydroxylation is 1. The van der Waals surface area contributed by atoms with Gasteiger partial charge in [0.25, 0.3) is 5.91 Å². The summed E-state index contributed by atoms with van der Waals surface area (Å²) in [6.45, 7) is 0.426. The zero-order valence-corrected chi connectivity index (χ0v) is 22.5. The van der Waals surface area contributed by atoms with Gasteiger partial charge in [0.1, 0.15) is 29.5 Å². The van der Waals surface area contributed by atoms with E-state index in [1.165, 1.54) is 18.3 Å². The lowest BCUT2D eigenvalue weighted by Gasteiger charge is -2.35. The Balaban J connectivity index is 1.20. The molecule has 1 fully saturated rings. The molecule has 41 heavy (non-hydrogen) atoms. The third-order valence-electron chi connectivity index (χ3n) is 7.20. The Hall–Kier alpha value is -4.82. The minimum atomic E-state index is -1.41.